The maximum Gasteiger partial charge on any atom is 0.331 e. The van der Waals surface area contributed by atoms with Gasteiger partial charge < -0.3 is 19.1 Å². The average Bonchev–Trinajstić information content (AvgIpc) is 3.41. The van der Waals surface area contributed by atoms with Gasteiger partial charge in [0.1, 0.15) is 11.5 Å². The van der Waals surface area contributed by atoms with Crippen molar-refractivity contribution in [1.82, 2.24) is 4.90 Å². The molecule has 0 aliphatic carbocycles. The summed E-state index contributed by atoms with van der Waals surface area (Å²) < 4.78 is 15.9. The van der Waals surface area contributed by atoms with E-state index in [2.05, 4.69) is 0 Å². The Labute approximate surface area is 168 Å². The second kappa shape index (κ2) is 9.41. The molecule has 1 fully saturated rings. The molecule has 0 unspecified atom stereocenters. The van der Waals surface area contributed by atoms with Crippen LogP contribution < -0.4 is 9.47 Å². The van der Waals surface area contributed by atoms with Crippen LogP contribution in [-0.2, 0) is 14.3 Å². The lowest BCUT2D eigenvalue weighted by atomic mass is 10.0. The van der Waals surface area contributed by atoms with Crippen molar-refractivity contribution in [3.63, 3.8) is 0 Å². The van der Waals surface area contributed by atoms with E-state index in [4.69, 9.17) is 14.2 Å². The van der Waals surface area contributed by atoms with Gasteiger partial charge in [-0.05, 0) is 48.6 Å². The number of ether oxygens (including phenoxy) is 3. The minimum absolute atomic E-state index is 0.127. The Bertz CT molecular complexity index is 846. The lowest BCUT2D eigenvalue weighted by Gasteiger charge is -2.26. The maximum absolute atomic E-state index is 12.7. The summed E-state index contributed by atoms with van der Waals surface area (Å²) in [4.78, 5) is 27.3. The number of carbonyl (C=O) groups is 2. The summed E-state index contributed by atoms with van der Waals surface area (Å²) in [7, 11) is 3.21. The van der Waals surface area contributed by atoms with Crippen molar-refractivity contribution >= 4 is 29.3 Å². The van der Waals surface area contributed by atoms with Gasteiger partial charge in [-0.15, -0.1) is 11.3 Å². The third-order valence-corrected chi connectivity index (χ3v) is 5.47. The molecule has 1 aliphatic rings. The number of thiophene rings is 1. The van der Waals surface area contributed by atoms with Crippen LogP contribution in [0.15, 0.2) is 41.8 Å². The number of nitrogens with zero attached hydrogens (tertiary/aromatic N) is 1. The fourth-order valence-corrected chi connectivity index (χ4v) is 3.91. The Morgan fingerprint density at radius 1 is 1.25 bits per heavy atom. The number of benzene rings is 1. The van der Waals surface area contributed by atoms with Crippen molar-refractivity contribution in [3.05, 3.63) is 52.2 Å². The van der Waals surface area contributed by atoms with Crippen molar-refractivity contribution in [2.75, 3.05) is 27.4 Å². The molecule has 2 aromatic rings. The maximum atomic E-state index is 12.7. The molecule has 0 N–H and O–H groups in total. The Morgan fingerprint density at radius 3 is 2.82 bits per heavy atom. The number of likely N-dealkylation sites (tertiary alicyclic amines) is 1. The van der Waals surface area contributed by atoms with Gasteiger partial charge in [0.15, 0.2) is 6.61 Å². The number of carbonyl (C=O) groups excluding carboxylic acids is 2. The molecule has 1 aliphatic heterocycles. The largest absolute Gasteiger partial charge is 0.497 e. The molecule has 0 bridgehead atoms. The van der Waals surface area contributed by atoms with E-state index in [-0.39, 0.29) is 18.6 Å². The van der Waals surface area contributed by atoms with Crippen LogP contribution in [0.2, 0.25) is 0 Å². The van der Waals surface area contributed by atoms with Crippen molar-refractivity contribution < 1.29 is 23.8 Å². The first-order valence-electron chi connectivity index (χ1n) is 9.02. The highest BCUT2D eigenvalue weighted by atomic mass is 32.1. The fourth-order valence-electron chi connectivity index (χ4n) is 3.29. The van der Waals surface area contributed by atoms with Crippen molar-refractivity contribution in [2.24, 2.45) is 0 Å². The van der Waals surface area contributed by atoms with E-state index < -0.39 is 5.97 Å². The summed E-state index contributed by atoms with van der Waals surface area (Å²) >= 11 is 1.52. The van der Waals surface area contributed by atoms with Gasteiger partial charge in [0.2, 0.25) is 0 Å². The van der Waals surface area contributed by atoms with Gasteiger partial charge in [-0.1, -0.05) is 6.07 Å². The lowest BCUT2D eigenvalue weighted by molar-refractivity contribution is -0.148. The van der Waals surface area contributed by atoms with E-state index >= 15 is 0 Å². The monoisotopic (exact) mass is 401 g/mol. The van der Waals surface area contributed by atoms with E-state index in [1.54, 1.807) is 25.2 Å². The van der Waals surface area contributed by atoms with Crippen LogP contribution in [-0.4, -0.2) is 44.1 Å². The molecular formula is C21H23NO5S. The normalized spacial score (nSPS) is 16.4. The Hall–Kier alpha value is -2.80. The number of hydrogen-bond acceptors (Lipinski definition) is 6. The quantitative estimate of drug-likeness (QED) is 0.523. The van der Waals surface area contributed by atoms with Gasteiger partial charge in [-0.3, -0.25) is 4.79 Å². The molecule has 1 amide bonds. The minimum atomic E-state index is -0.531. The van der Waals surface area contributed by atoms with Crippen LogP contribution in [0.4, 0.5) is 0 Å². The zero-order chi connectivity index (χ0) is 19.9. The highest BCUT2D eigenvalue weighted by Crippen LogP contribution is 2.38. The van der Waals surface area contributed by atoms with E-state index in [9.17, 15) is 9.59 Å². The summed E-state index contributed by atoms with van der Waals surface area (Å²) in [5.41, 5.74) is 0.900. The van der Waals surface area contributed by atoms with E-state index in [1.807, 2.05) is 35.7 Å². The molecule has 0 spiro atoms. The summed E-state index contributed by atoms with van der Waals surface area (Å²) in [5.74, 6) is 0.670. The van der Waals surface area contributed by atoms with Crippen LogP contribution in [0.3, 0.4) is 0 Å². The molecule has 0 radical (unpaired) electrons. The van der Waals surface area contributed by atoms with Crippen molar-refractivity contribution in [3.8, 4) is 11.5 Å². The van der Waals surface area contributed by atoms with Crippen LogP contribution in [0.1, 0.15) is 29.3 Å². The van der Waals surface area contributed by atoms with Gasteiger partial charge in [0.25, 0.3) is 5.91 Å². The van der Waals surface area contributed by atoms with Gasteiger partial charge >= 0.3 is 5.97 Å². The highest BCUT2D eigenvalue weighted by molar-refractivity contribution is 7.10. The number of methoxy groups -OCH3 is 2. The van der Waals surface area contributed by atoms with Gasteiger partial charge in [-0.2, -0.15) is 0 Å². The molecule has 28 heavy (non-hydrogen) atoms. The third kappa shape index (κ3) is 4.72. The topological polar surface area (TPSA) is 65.1 Å². The zero-order valence-electron chi connectivity index (χ0n) is 15.9. The predicted molar refractivity (Wildman–Crippen MR) is 108 cm³/mol. The summed E-state index contributed by atoms with van der Waals surface area (Å²) in [6, 6.07) is 9.23. The minimum Gasteiger partial charge on any atom is -0.497 e. The van der Waals surface area contributed by atoms with Gasteiger partial charge in [0.05, 0.1) is 20.3 Å². The van der Waals surface area contributed by atoms with E-state index in [0.717, 1.165) is 23.3 Å². The molecule has 6 nitrogen and oxygen atoms in total. The molecule has 1 atom stereocenters. The molecule has 1 aromatic heterocycles. The summed E-state index contributed by atoms with van der Waals surface area (Å²) in [6.45, 7) is 0.336. The van der Waals surface area contributed by atoms with Crippen LogP contribution in [0.5, 0.6) is 11.5 Å². The number of amides is 1. The number of rotatable bonds is 7. The van der Waals surface area contributed by atoms with Crippen LogP contribution >= 0.6 is 11.3 Å². The Balaban J connectivity index is 1.64. The highest BCUT2D eigenvalue weighted by Gasteiger charge is 2.32. The Morgan fingerprint density at radius 2 is 2.11 bits per heavy atom. The van der Waals surface area contributed by atoms with Gasteiger partial charge in [0, 0.05) is 23.1 Å². The first-order chi connectivity index (χ1) is 13.6. The first-order valence-corrected chi connectivity index (χ1v) is 9.90. The summed E-state index contributed by atoms with van der Waals surface area (Å²) in [5, 5.41) is 1.93. The second-order valence-electron chi connectivity index (χ2n) is 6.31. The molecule has 1 saturated heterocycles. The van der Waals surface area contributed by atoms with E-state index in [0.29, 0.717) is 18.0 Å². The number of hydrogen-bond donors (Lipinski definition) is 0. The second-order valence-corrected chi connectivity index (χ2v) is 7.29. The molecule has 148 valence electrons. The van der Waals surface area contributed by atoms with Gasteiger partial charge in [-0.25, -0.2) is 4.79 Å². The Kier molecular flexibility index (Phi) is 6.71. The molecule has 2 heterocycles. The zero-order valence-corrected chi connectivity index (χ0v) is 16.7. The predicted octanol–water partition coefficient (Wildman–Crippen LogP) is 3.69. The molecular weight excluding hydrogens is 378 g/mol. The third-order valence-electron chi connectivity index (χ3n) is 4.63. The SMILES string of the molecule is COc1ccc(OC)c([C@H]2CCCN2C(=O)COC(=O)/C=C/c2cccs2)c1. The average molecular weight is 401 g/mol. The van der Waals surface area contributed by atoms with Crippen LogP contribution in [0.25, 0.3) is 6.08 Å². The molecule has 3 rings (SSSR count). The molecule has 0 saturated carbocycles. The smallest absolute Gasteiger partial charge is 0.331 e. The van der Waals surface area contributed by atoms with Crippen molar-refractivity contribution in [1.29, 1.82) is 0 Å². The summed E-state index contributed by atoms with van der Waals surface area (Å²) in [6.07, 6.45) is 4.72. The fraction of sp³-hybridized carbons (Fsp3) is 0.333. The van der Waals surface area contributed by atoms with Crippen LogP contribution in [0, 0.1) is 0 Å². The first kappa shape index (κ1) is 19.9. The standard InChI is InChI=1S/C21H23NO5S/c1-25-15-7-9-19(26-2)17(13-15)18-6-3-11-22(18)20(23)14-27-21(24)10-8-16-5-4-12-28-16/h4-5,7-10,12-13,18H,3,6,11,14H2,1-2H3/b10-8+/t18-/m1/s1. The molecule has 7 heteroatoms. The lowest BCUT2D eigenvalue weighted by Crippen LogP contribution is -2.34. The van der Waals surface area contributed by atoms with E-state index in [1.165, 1.54) is 17.4 Å². The number of esters is 1. The van der Waals surface area contributed by atoms with Crippen molar-refractivity contribution in [2.45, 2.75) is 18.9 Å². The molecule has 1 aromatic carbocycles.